The average molecular weight is 471 g/mol. The van der Waals surface area contributed by atoms with Crippen LogP contribution in [0.1, 0.15) is 5.56 Å². The van der Waals surface area contributed by atoms with E-state index in [0.29, 0.717) is 22.6 Å². The van der Waals surface area contributed by atoms with Crippen molar-refractivity contribution in [2.75, 3.05) is 16.7 Å². The quantitative estimate of drug-likeness (QED) is 0.298. The minimum atomic E-state index is -3.38. The highest BCUT2D eigenvalue weighted by molar-refractivity contribution is 7.92. The molecule has 0 aliphatic rings. The summed E-state index contributed by atoms with van der Waals surface area (Å²) in [6.45, 7) is 1.92. The molecule has 2 heterocycles. The third kappa shape index (κ3) is 3.99. The van der Waals surface area contributed by atoms with Gasteiger partial charge in [-0.05, 0) is 60.0 Å². The fourth-order valence-corrected chi connectivity index (χ4v) is 4.65. The first-order chi connectivity index (χ1) is 16.2. The van der Waals surface area contributed by atoms with Gasteiger partial charge in [0.25, 0.3) is 5.56 Å². The van der Waals surface area contributed by atoms with Crippen molar-refractivity contribution < 1.29 is 8.42 Å². The lowest BCUT2D eigenvalue weighted by molar-refractivity contribution is 0.607. The molecule has 2 aromatic heterocycles. The van der Waals surface area contributed by atoms with E-state index in [2.05, 4.69) is 9.71 Å². The topological polar surface area (TPSA) is 107 Å². The molecule has 0 saturated carbocycles. The molecule has 0 bridgehead atoms. The van der Waals surface area contributed by atoms with Crippen LogP contribution in [0.15, 0.2) is 83.8 Å². The van der Waals surface area contributed by atoms with Crippen LogP contribution in [0.5, 0.6) is 0 Å². The Labute approximate surface area is 196 Å². The van der Waals surface area contributed by atoms with Crippen LogP contribution < -0.4 is 16.0 Å². The van der Waals surface area contributed by atoms with Crippen molar-refractivity contribution in [2.24, 2.45) is 0 Å². The minimum Gasteiger partial charge on any atom is -0.398 e. The second-order valence-electron chi connectivity index (χ2n) is 8.30. The number of fused-ring (bicyclic) bond motifs is 3. The number of nitrogen functional groups attached to an aromatic ring is 1. The number of nitrogens with one attached hydrogen (secondary N) is 1. The normalized spacial score (nSPS) is 11.7. The molecule has 0 radical (unpaired) electrons. The predicted molar refractivity (Wildman–Crippen MR) is 138 cm³/mol. The van der Waals surface area contributed by atoms with Gasteiger partial charge in [0.2, 0.25) is 10.0 Å². The van der Waals surface area contributed by atoms with Crippen molar-refractivity contribution in [3.63, 3.8) is 0 Å². The van der Waals surface area contributed by atoms with Crippen LogP contribution >= 0.6 is 0 Å². The summed E-state index contributed by atoms with van der Waals surface area (Å²) < 4.78 is 27.4. The molecule has 34 heavy (non-hydrogen) atoms. The van der Waals surface area contributed by atoms with Crippen molar-refractivity contribution >= 4 is 43.2 Å². The van der Waals surface area contributed by atoms with E-state index >= 15 is 0 Å². The molecule has 0 aliphatic heterocycles. The number of aromatic nitrogens is 2. The van der Waals surface area contributed by atoms with Gasteiger partial charge in [0.05, 0.1) is 23.0 Å². The van der Waals surface area contributed by atoms with Gasteiger partial charge in [0.15, 0.2) is 0 Å². The number of nitrogens with two attached hydrogens (primary N) is 1. The molecule has 0 saturated heterocycles. The lowest BCUT2D eigenvalue weighted by atomic mass is 10.0. The molecule has 0 amide bonds. The molecule has 0 unspecified atom stereocenters. The Bertz CT molecular complexity index is 1760. The molecular weight excluding hydrogens is 448 g/mol. The molecule has 0 atom stereocenters. The van der Waals surface area contributed by atoms with Crippen LogP contribution in [0.2, 0.25) is 0 Å². The van der Waals surface area contributed by atoms with E-state index in [1.807, 2.05) is 43.3 Å². The maximum Gasteiger partial charge on any atom is 0.255 e. The summed E-state index contributed by atoms with van der Waals surface area (Å²) in [5.74, 6) is 0. The van der Waals surface area contributed by atoms with Crippen molar-refractivity contribution in [3.05, 3.63) is 94.9 Å². The smallest absolute Gasteiger partial charge is 0.255 e. The van der Waals surface area contributed by atoms with Crippen LogP contribution in [0.25, 0.3) is 38.6 Å². The molecule has 5 aromatic rings. The van der Waals surface area contributed by atoms with Crippen LogP contribution in [-0.4, -0.2) is 24.2 Å². The zero-order chi connectivity index (χ0) is 24.0. The summed E-state index contributed by atoms with van der Waals surface area (Å²) >= 11 is 0. The van der Waals surface area contributed by atoms with Gasteiger partial charge in [0.1, 0.15) is 0 Å². The molecule has 170 valence electrons. The fourth-order valence-electron chi connectivity index (χ4n) is 4.09. The van der Waals surface area contributed by atoms with Crippen LogP contribution in [-0.2, 0) is 10.0 Å². The van der Waals surface area contributed by atoms with E-state index < -0.39 is 10.0 Å². The van der Waals surface area contributed by atoms with E-state index in [1.54, 1.807) is 41.1 Å². The van der Waals surface area contributed by atoms with E-state index in [-0.39, 0.29) is 5.56 Å². The number of anilines is 2. The average Bonchev–Trinajstić information content (AvgIpc) is 2.79. The number of benzene rings is 3. The van der Waals surface area contributed by atoms with E-state index in [9.17, 15) is 13.2 Å². The van der Waals surface area contributed by atoms with Gasteiger partial charge >= 0.3 is 0 Å². The maximum absolute atomic E-state index is 13.0. The summed E-state index contributed by atoms with van der Waals surface area (Å²) in [6, 6.07) is 21.9. The number of aryl methyl sites for hydroxylation is 1. The molecule has 3 aromatic carbocycles. The zero-order valence-corrected chi connectivity index (χ0v) is 19.4. The lowest BCUT2D eigenvalue weighted by Gasteiger charge is -2.14. The summed E-state index contributed by atoms with van der Waals surface area (Å²) in [4.78, 5) is 17.6. The molecule has 8 heteroatoms. The summed E-state index contributed by atoms with van der Waals surface area (Å²) in [6.07, 6.45) is 2.86. The van der Waals surface area contributed by atoms with E-state index in [1.165, 1.54) is 6.07 Å². The third-order valence-electron chi connectivity index (χ3n) is 5.74. The third-order valence-corrected chi connectivity index (χ3v) is 6.35. The first-order valence-corrected chi connectivity index (χ1v) is 12.5. The summed E-state index contributed by atoms with van der Waals surface area (Å²) in [5.41, 5.74) is 11.9. The van der Waals surface area contributed by atoms with Gasteiger partial charge in [-0.15, -0.1) is 0 Å². The summed E-state index contributed by atoms with van der Waals surface area (Å²) in [5, 5.41) is 1.65. The van der Waals surface area contributed by atoms with E-state index in [4.69, 9.17) is 5.73 Å². The Kier molecular flexibility index (Phi) is 5.10. The van der Waals surface area contributed by atoms with Gasteiger partial charge in [-0.1, -0.05) is 30.3 Å². The van der Waals surface area contributed by atoms with Crippen molar-refractivity contribution in [3.8, 4) is 16.8 Å². The molecule has 7 nitrogen and oxygen atoms in total. The largest absolute Gasteiger partial charge is 0.398 e. The van der Waals surface area contributed by atoms with Gasteiger partial charge in [-0.3, -0.25) is 19.1 Å². The Balaban J connectivity index is 1.71. The molecule has 0 aliphatic carbocycles. The fraction of sp³-hybridized carbons (Fsp3) is 0.0769. The predicted octanol–water partition coefficient (Wildman–Crippen LogP) is 4.47. The Hall–Kier alpha value is -4.17. The molecule has 5 rings (SSSR count). The van der Waals surface area contributed by atoms with Crippen molar-refractivity contribution in [1.29, 1.82) is 0 Å². The number of hydrogen-bond acceptors (Lipinski definition) is 5. The van der Waals surface area contributed by atoms with Crippen LogP contribution in [0, 0.1) is 6.92 Å². The van der Waals surface area contributed by atoms with Crippen LogP contribution in [0.4, 0.5) is 11.4 Å². The highest BCUT2D eigenvalue weighted by atomic mass is 32.2. The number of rotatable bonds is 4. The SMILES string of the molecule is Cc1ccc(-n2c(=O)ccc3cnc4cc(-c5cccc(NS(C)(=O)=O)c5)ccc4c32)cc1N. The first kappa shape index (κ1) is 21.7. The Morgan fingerprint density at radius 1 is 0.941 bits per heavy atom. The van der Waals surface area contributed by atoms with Crippen LogP contribution in [0.3, 0.4) is 0 Å². The molecule has 0 fully saturated rings. The first-order valence-electron chi connectivity index (χ1n) is 10.6. The standard InChI is InChI=1S/C26H22N4O3S/c1-16-6-9-21(14-23(16)27)30-25(31)11-8-19-15-28-24-13-18(7-10-22(24)26(19)30)17-4-3-5-20(12-17)29-34(2,32)33/h3-15,29H,27H2,1-2H3. The number of sulfonamides is 1. The molecule has 3 N–H and O–H groups in total. The second-order valence-corrected chi connectivity index (χ2v) is 10.0. The van der Waals surface area contributed by atoms with Crippen molar-refractivity contribution in [1.82, 2.24) is 9.55 Å². The van der Waals surface area contributed by atoms with Gasteiger partial charge < -0.3 is 5.73 Å². The van der Waals surface area contributed by atoms with Gasteiger partial charge in [0, 0.05) is 34.4 Å². The summed E-state index contributed by atoms with van der Waals surface area (Å²) in [7, 11) is -3.38. The Morgan fingerprint density at radius 3 is 2.50 bits per heavy atom. The Morgan fingerprint density at radius 2 is 1.74 bits per heavy atom. The maximum atomic E-state index is 13.0. The monoisotopic (exact) mass is 470 g/mol. The van der Waals surface area contributed by atoms with Crippen molar-refractivity contribution in [2.45, 2.75) is 6.92 Å². The molecule has 0 spiro atoms. The van der Waals surface area contributed by atoms with Gasteiger partial charge in [-0.2, -0.15) is 0 Å². The number of hydrogen-bond donors (Lipinski definition) is 2. The second kappa shape index (κ2) is 8.00. The minimum absolute atomic E-state index is 0.160. The van der Waals surface area contributed by atoms with Gasteiger partial charge in [-0.25, -0.2) is 8.42 Å². The molecular formula is C26H22N4O3S. The highest BCUT2D eigenvalue weighted by Crippen LogP contribution is 2.30. The lowest BCUT2D eigenvalue weighted by Crippen LogP contribution is -2.18. The van der Waals surface area contributed by atoms with E-state index in [0.717, 1.165) is 39.2 Å². The number of nitrogens with zero attached hydrogens (tertiary/aromatic N) is 2. The zero-order valence-electron chi connectivity index (χ0n) is 18.6. The number of pyridine rings is 2. The highest BCUT2D eigenvalue weighted by Gasteiger charge is 2.12.